The summed E-state index contributed by atoms with van der Waals surface area (Å²) in [5.74, 6) is 0.922. The van der Waals surface area contributed by atoms with Gasteiger partial charge in [-0.1, -0.05) is 0 Å². The molecular formula is C14H17N3O3S. The molecule has 1 amide bonds. The Morgan fingerprint density at radius 2 is 2.24 bits per heavy atom. The number of hydrogen-bond donors (Lipinski definition) is 2. The first-order chi connectivity index (χ1) is 10.2. The summed E-state index contributed by atoms with van der Waals surface area (Å²) in [6, 6.07) is 5.21. The van der Waals surface area contributed by atoms with Crippen molar-refractivity contribution in [2.45, 2.75) is 13.5 Å². The van der Waals surface area contributed by atoms with Crippen LogP contribution in [-0.4, -0.2) is 24.6 Å². The molecule has 1 aromatic carbocycles. The molecule has 0 bridgehead atoms. The molecule has 2 aromatic rings. The highest BCUT2D eigenvalue weighted by atomic mass is 32.1. The second kappa shape index (κ2) is 7.05. The molecule has 1 heterocycles. The number of carbonyl (C=O) groups excluding carboxylic acids is 1. The Balaban J connectivity index is 2.15. The Bertz CT molecular complexity index is 628. The van der Waals surface area contributed by atoms with E-state index in [1.165, 1.54) is 11.3 Å². The minimum atomic E-state index is -0.279. The van der Waals surface area contributed by atoms with Gasteiger partial charge < -0.3 is 20.5 Å². The van der Waals surface area contributed by atoms with Crippen LogP contribution in [0.3, 0.4) is 0 Å². The number of rotatable bonds is 6. The third kappa shape index (κ3) is 3.71. The van der Waals surface area contributed by atoms with Gasteiger partial charge in [-0.05, 0) is 19.1 Å². The molecular weight excluding hydrogens is 290 g/mol. The van der Waals surface area contributed by atoms with Gasteiger partial charge >= 0.3 is 0 Å². The van der Waals surface area contributed by atoms with Crippen molar-refractivity contribution in [1.29, 1.82) is 0 Å². The Morgan fingerprint density at radius 3 is 2.86 bits per heavy atom. The van der Waals surface area contributed by atoms with Crippen LogP contribution in [0, 0.1) is 0 Å². The van der Waals surface area contributed by atoms with Crippen molar-refractivity contribution < 1.29 is 14.3 Å². The molecule has 0 aliphatic heterocycles. The summed E-state index contributed by atoms with van der Waals surface area (Å²) >= 11 is 1.36. The Morgan fingerprint density at radius 1 is 1.43 bits per heavy atom. The van der Waals surface area contributed by atoms with Gasteiger partial charge in [0.2, 0.25) is 0 Å². The Kier molecular flexibility index (Phi) is 5.13. The summed E-state index contributed by atoms with van der Waals surface area (Å²) in [7, 11) is 1.57. The molecule has 0 unspecified atom stereocenters. The predicted molar refractivity (Wildman–Crippen MR) is 82.1 cm³/mol. The number of ether oxygens (including phenoxy) is 2. The zero-order chi connectivity index (χ0) is 15.2. The SMILES string of the molecule is CCOc1cc(NC(=O)c2csc(CN)n2)ccc1OC. The lowest BCUT2D eigenvalue weighted by Gasteiger charge is -2.11. The standard InChI is InChI=1S/C14H17N3O3S/c1-3-20-12-6-9(4-5-11(12)19-2)16-14(18)10-8-21-13(7-15)17-10/h4-6,8H,3,7,15H2,1-2H3,(H,16,18). The van der Waals surface area contributed by atoms with Crippen LogP contribution in [0.2, 0.25) is 0 Å². The van der Waals surface area contributed by atoms with Gasteiger partial charge in [0, 0.05) is 23.7 Å². The molecule has 21 heavy (non-hydrogen) atoms. The molecule has 112 valence electrons. The zero-order valence-corrected chi connectivity index (χ0v) is 12.7. The summed E-state index contributed by atoms with van der Waals surface area (Å²) < 4.78 is 10.7. The van der Waals surface area contributed by atoms with Crippen LogP contribution < -0.4 is 20.5 Å². The van der Waals surface area contributed by atoms with Crippen LogP contribution in [0.4, 0.5) is 5.69 Å². The van der Waals surface area contributed by atoms with E-state index in [2.05, 4.69) is 10.3 Å². The third-order valence-corrected chi connectivity index (χ3v) is 3.55. The number of nitrogens with zero attached hydrogens (tertiary/aromatic N) is 1. The average molecular weight is 307 g/mol. The number of anilines is 1. The minimum absolute atomic E-state index is 0.279. The monoisotopic (exact) mass is 307 g/mol. The lowest BCUT2D eigenvalue weighted by molar-refractivity contribution is 0.102. The van der Waals surface area contributed by atoms with E-state index in [-0.39, 0.29) is 5.91 Å². The van der Waals surface area contributed by atoms with Gasteiger partial charge in [0.05, 0.1) is 13.7 Å². The fraction of sp³-hybridized carbons (Fsp3) is 0.286. The van der Waals surface area contributed by atoms with E-state index >= 15 is 0 Å². The highest BCUT2D eigenvalue weighted by molar-refractivity contribution is 7.09. The molecule has 0 aliphatic carbocycles. The molecule has 0 spiro atoms. The van der Waals surface area contributed by atoms with Crippen LogP contribution in [0.15, 0.2) is 23.6 Å². The van der Waals surface area contributed by atoms with Gasteiger partial charge in [0.15, 0.2) is 11.5 Å². The molecule has 7 heteroatoms. The first-order valence-electron chi connectivity index (χ1n) is 6.44. The van der Waals surface area contributed by atoms with Gasteiger partial charge in [-0.25, -0.2) is 4.98 Å². The molecule has 0 radical (unpaired) electrons. The van der Waals surface area contributed by atoms with Crippen molar-refractivity contribution in [1.82, 2.24) is 4.98 Å². The highest BCUT2D eigenvalue weighted by Crippen LogP contribution is 2.30. The van der Waals surface area contributed by atoms with Crippen molar-refractivity contribution in [3.05, 3.63) is 34.3 Å². The summed E-state index contributed by atoms with van der Waals surface area (Å²) in [5.41, 5.74) is 6.46. The van der Waals surface area contributed by atoms with Crippen LogP contribution in [0.1, 0.15) is 22.4 Å². The van der Waals surface area contributed by atoms with E-state index in [1.54, 1.807) is 30.7 Å². The van der Waals surface area contributed by atoms with Crippen molar-refractivity contribution in [3.63, 3.8) is 0 Å². The van der Waals surface area contributed by atoms with Crippen LogP contribution in [0.5, 0.6) is 11.5 Å². The Hall–Kier alpha value is -2.12. The van der Waals surface area contributed by atoms with E-state index < -0.39 is 0 Å². The maximum absolute atomic E-state index is 12.1. The predicted octanol–water partition coefficient (Wildman–Crippen LogP) is 2.26. The maximum atomic E-state index is 12.1. The van der Waals surface area contributed by atoms with Crippen molar-refractivity contribution in [3.8, 4) is 11.5 Å². The van der Waals surface area contributed by atoms with Gasteiger partial charge in [-0.3, -0.25) is 4.79 Å². The average Bonchev–Trinajstić information content (AvgIpc) is 2.97. The number of hydrogen-bond acceptors (Lipinski definition) is 6. The quantitative estimate of drug-likeness (QED) is 0.855. The lowest BCUT2D eigenvalue weighted by atomic mass is 10.2. The second-order valence-corrected chi connectivity index (χ2v) is 5.03. The number of benzene rings is 1. The van der Waals surface area contributed by atoms with E-state index in [9.17, 15) is 4.79 Å². The molecule has 0 fully saturated rings. The largest absolute Gasteiger partial charge is 0.493 e. The Labute approximate surface area is 126 Å². The third-order valence-electron chi connectivity index (χ3n) is 2.68. The summed E-state index contributed by atoms with van der Waals surface area (Å²) in [6.45, 7) is 2.73. The first-order valence-corrected chi connectivity index (χ1v) is 7.32. The van der Waals surface area contributed by atoms with Crippen molar-refractivity contribution in [2.75, 3.05) is 19.0 Å². The van der Waals surface area contributed by atoms with E-state index in [0.717, 1.165) is 5.01 Å². The topological polar surface area (TPSA) is 86.5 Å². The molecule has 0 saturated carbocycles. The van der Waals surface area contributed by atoms with Crippen molar-refractivity contribution in [2.24, 2.45) is 5.73 Å². The molecule has 6 nitrogen and oxygen atoms in total. The lowest BCUT2D eigenvalue weighted by Crippen LogP contribution is -2.13. The zero-order valence-electron chi connectivity index (χ0n) is 11.9. The van der Waals surface area contributed by atoms with Crippen LogP contribution in [-0.2, 0) is 6.54 Å². The maximum Gasteiger partial charge on any atom is 0.275 e. The van der Waals surface area contributed by atoms with Crippen LogP contribution in [0.25, 0.3) is 0 Å². The minimum Gasteiger partial charge on any atom is -0.493 e. The smallest absolute Gasteiger partial charge is 0.275 e. The number of aromatic nitrogens is 1. The second-order valence-electron chi connectivity index (χ2n) is 4.08. The van der Waals surface area contributed by atoms with E-state index in [1.807, 2.05) is 6.92 Å². The molecule has 0 aliphatic rings. The molecule has 0 atom stereocenters. The fourth-order valence-electron chi connectivity index (χ4n) is 1.73. The number of nitrogens with one attached hydrogen (secondary N) is 1. The fourth-order valence-corrected chi connectivity index (χ4v) is 2.38. The summed E-state index contributed by atoms with van der Waals surface area (Å²) in [4.78, 5) is 16.2. The number of methoxy groups -OCH3 is 1. The molecule has 0 saturated heterocycles. The van der Waals surface area contributed by atoms with Gasteiger partial charge in [0.1, 0.15) is 10.7 Å². The number of nitrogens with two attached hydrogens (primary N) is 1. The van der Waals surface area contributed by atoms with Gasteiger partial charge in [0.25, 0.3) is 5.91 Å². The normalized spacial score (nSPS) is 10.2. The van der Waals surface area contributed by atoms with E-state index in [0.29, 0.717) is 36.0 Å². The first kappa shape index (κ1) is 15.3. The van der Waals surface area contributed by atoms with Gasteiger partial charge in [-0.15, -0.1) is 11.3 Å². The number of thiazole rings is 1. The number of carbonyl (C=O) groups is 1. The number of amides is 1. The highest BCUT2D eigenvalue weighted by Gasteiger charge is 2.12. The van der Waals surface area contributed by atoms with E-state index in [4.69, 9.17) is 15.2 Å². The molecule has 3 N–H and O–H groups in total. The molecule has 1 aromatic heterocycles. The van der Waals surface area contributed by atoms with Gasteiger partial charge in [-0.2, -0.15) is 0 Å². The summed E-state index contributed by atoms with van der Waals surface area (Å²) in [5, 5.41) is 5.19. The van der Waals surface area contributed by atoms with Crippen molar-refractivity contribution >= 4 is 22.9 Å². The van der Waals surface area contributed by atoms with Crippen LogP contribution >= 0.6 is 11.3 Å². The summed E-state index contributed by atoms with van der Waals surface area (Å²) in [6.07, 6.45) is 0. The molecule has 2 rings (SSSR count).